The maximum atomic E-state index is 5.47. The van der Waals surface area contributed by atoms with Crippen LogP contribution in [-0.4, -0.2) is 56.5 Å². The highest BCUT2D eigenvalue weighted by atomic mass is 32.1. The molecule has 1 aliphatic rings. The average Bonchev–Trinajstić information content (AvgIpc) is 3.34. The Balaban J connectivity index is 1.59. The highest BCUT2D eigenvalue weighted by Gasteiger charge is 2.22. The van der Waals surface area contributed by atoms with Crippen molar-refractivity contribution in [3.63, 3.8) is 0 Å². The number of benzene rings is 1. The second-order valence-electron chi connectivity index (χ2n) is 7.23. The van der Waals surface area contributed by atoms with Crippen molar-refractivity contribution in [3.8, 4) is 17.2 Å². The first-order valence-corrected chi connectivity index (χ1v) is 10.5. The maximum Gasteiger partial charge on any atom is 0.205 e. The van der Waals surface area contributed by atoms with Crippen LogP contribution in [0.25, 0.3) is 27.4 Å². The van der Waals surface area contributed by atoms with Gasteiger partial charge in [-0.05, 0) is 24.6 Å². The summed E-state index contributed by atoms with van der Waals surface area (Å²) in [6.45, 7) is 8.49. The van der Waals surface area contributed by atoms with Crippen LogP contribution < -0.4 is 4.90 Å². The normalized spacial score (nSPS) is 15.2. The predicted molar refractivity (Wildman–Crippen MR) is 110 cm³/mol. The molecule has 29 heavy (non-hydrogen) atoms. The van der Waals surface area contributed by atoms with Gasteiger partial charge in [-0.15, -0.1) is 26.3 Å². The van der Waals surface area contributed by atoms with Gasteiger partial charge in [0, 0.05) is 10.4 Å². The van der Waals surface area contributed by atoms with E-state index in [1.165, 1.54) is 15.3 Å². The van der Waals surface area contributed by atoms with E-state index in [2.05, 4.69) is 29.3 Å². The number of nitrogens with one attached hydrogen (secondary N) is 1. The number of thiophene rings is 1. The van der Waals surface area contributed by atoms with Crippen molar-refractivity contribution < 1.29 is 9.64 Å². The minimum Gasteiger partial charge on any atom is -0.370 e. The fourth-order valence-corrected chi connectivity index (χ4v) is 4.61. The lowest BCUT2D eigenvalue weighted by Crippen LogP contribution is -3.12. The zero-order chi connectivity index (χ0) is 19.8. The van der Waals surface area contributed by atoms with Crippen molar-refractivity contribution in [1.29, 1.82) is 0 Å². The molecule has 0 saturated carbocycles. The van der Waals surface area contributed by atoms with E-state index in [0.717, 1.165) is 54.5 Å². The number of rotatable bonds is 4. The van der Waals surface area contributed by atoms with Crippen molar-refractivity contribution in [2.24, 2.45) is 0 Å². The monoisotopic (exact) mass is 408 g/mol. The third-order valence-electron chi connectivity index (χ3n) is 5.30. The molecule has 1 saturated heterocycles. The van der Waals surface area contributed by atoms with Crippen LogP contribution in [0.4, 0.5) is 0 Å². The molecule has 148 valence electrons. The van der Waals surface area contributed by atoms with Crippen LogP contribution in [0, 0.1) is 13.8 Å². The fraction of sp³-hybridized carbons (Fsp3) is 0.350. The summed E-state index contributed by atoms with van der Waals surface area (Å²) >= 11 is 1.69. The van der Waals surface area contributed by atoms with E-state index < -0.39 is 0 Å². The summed E-state index contributed by atoms with van der Waals surface area (Å²) in [5.74, 6) is 2.10. The number of aromatic nitrogens is 6. The van der Waals surface area contributed by atoms with E-state index in [4.69, 9.17) is 14.7 Å². The Kier molecular flexibility index (Phi) is 4.78. The zero-order valence-electron chi connectivity index (χ0n) is 16.4. The highest BCUT2D eigenvalue weighted by molar-refractivity contribution is 7.18. The van der Waals surface area contributed by atoms with Gasteiger partial charge in [0.25, 0.3) is 0 Å². The SMILES string of the molecule is Cc1sc2nc(C[NH+]3CCOCC3)nc(-n3nnc(-c4ccccc4)n3)c2c1C. The molecular weight excluding hydrogens is 386 g/mol. The molecule has 1 aromatic carbocycles. The Hall–Kier alpha value is -2.75. The molecule has 1 aliphatic heterocycles. The lowest BCUT2D eigenvalue weighted by atomic mass is 10.2. The molecule has 0 spiro atoms. The summed E-state index contributed by atoms with van der Waals surface area (Å²) in [5.41, 5.74) is 2.10. The number of quaternary nitrogens is 1. The molecule has 0 aliphatic carbocycles. The second kappa shape index (κ2) is 7.58. The maximum absolute atomic E-state index is 5.47. The molecule has 4 heterocycles. The molecule has 3 aromatic heterocycles. The van der Waals surface area contributed by atoms with E-state index in [1.54, 1.807) is 16.1 Å². The number of morpholine rings is 1. The summed E-state index contributed by atoms with van der Waals surface area (Å²) < 4.78 is 5.47. The lowest BCUT2D eigenvalue weighted by Gasteiger charge is -2.23. The molecule has 5 rings (SSSR count). The molecule has 1 N–H and O–H groups in total. The molecule has 0 amide bonds. The van der Waals surface area contributed by atoms with Gasteiger partial charge in [-0.1, -0.05) is 30.3 Å². The summed E-state index contributed by atoms with van der Waals surface area (Å²) in [6.07, 6.45) is 0. The van der Waals surface area contributed by atoms with Gasteiger partial charge >= 0.3 is 0 Å². The van der Waals surface area contributed by atoms with Gasteiger partial charge in [-0.2, -0.15) is 0 Å². The molecule has 9 heteroatoms. The summed E-state index contributed by atoms with van der Waals surface area (Å²) in [5, 5.41) is 14.2. The van der Waals surface area contributed by atoms with Gasteiger partial charge in [-0.25, -0.2) is 9.97 Å². The first-order chi connectivity index (χ1) is 14.2. The molecule has 1 fully saturated rings. The Morgan fingerprint density at radius 3 is 2.69 bits per heavy atom. The number of nitrogens with zero attached hydrogens (tertiary/aromatic N) is 6. The van der Waals surface area contributed by atoms with E-state index in [1.807, 2.05) is 30.3 Å². The molecule has 0 bridgehead atoms. The zero-order valence-corrected chi connectivity index (χ0v) is 17.2. The van der Waals surface area contributed by atoms with Crippen molar-refractivity contribution in [2.75, 3.05) is 26.3 Å². The number of hydrogen-bond acceptors (Lipinski definition) is 7. The predicted octanol–water partition coefficient (Wildman–Crippen LogP) is 1.37. The fourth-order valence-electron chi connectivity index (χ4n) is 3.56. The van der Waals surface area contributed by atoms with Gasteiger partial charge in [0.15, 0.2) is 11.6 Å². The van der Waals surface area contributed by atoms with Crippen LogP contribution >= 0.6 is 11.3 Å². The Bertz CT molecular complexity index is 1150. The lowest BCUT2D eigenvalue weighted by molar-refractivity contribution is -0.922. The quantitative estimate of drug-likeness (QED) is 0.549. The van der Waals surface area contributed by atoms with E-state index in [0.29, 0.717) is 11.6 Å². The first-order valence-electron chi connectivity index (χ1n) is 9.73. The molecule has 0 atom stereocenters. The van der Waals surface area contributed by atoms with Crippen molar-refractivity contribution in [3.05, 3.63) is 46.6 Å². The Labute approximate surface area is 172 Å². The first kappa shape index (κ1) is 18.3. The Morgan fingerprint density at radius 2 is 1.90 bits per heavy atom. The third-order valence-corrected chi connectivity index (χ3v) is 6.40. The van der Waals surface area contributed by atoms with Crippen LogP contribution in [0.1, 0.15) is 16.3 Å². The average molecular weight is 409 g/mol. The van der Waals surface area contributed by atoms with Gasteiger partial charge < -0.3 is 9.64 Å². The van der Waals surface area contributed by atoms with E-state index >= 15 is 0 Å². The third kappa shape index (κ3) is 3.52. The second-order valence-corrected chi connectivity index (χ2v) is 8.44. The molecule has 0 radical (unpaired) electrons. The molecule has 8 nitrogen and oxygen atoms in total. The van der Waals surface area contributed by atoms with Crippen LogP contribution in [0.2, 0.25) is 0 Å². The van der Waals surface area contributed by atoms with Crippen LogP contribution in [0.15, 0.2) is 30.3 Å². The van der Waals surface area contributed by atoms with Gasteiger partial charge in [-0.3, -0.25) is 0 Å². The number of ether oxygens (including phenoxy) is 1. The smallest absolute Gasteiger partial charge is 0.205 e. The number of fused-ring (bicyclic) bond motifs is 1. The van der Waals surface area contributed by atoms with E-state index in [-0.39, 0.29) is 0 Å². The van der Waals surface area contributed by atoms with Crippen molar-refractivity contribution in [1.82, 2.24) is 30.2 Å². The van der Waals surface area contributed by atoms with Crippen LogP contribution in [0.5, 0.6) is 0 Å². The number of aryl methyl sites for hydroxylation is 2. The van der Waals surface area contributed by atoms with Gasteiger partial charge in [0.2, 0.25) is 5.82 Å². The topological polar surface area (TPSA) is 83.0 Å². The van der Waals surface area contributed by atoms with Crippen LogP contribution in [0.3, 0.4) is 0 Å². The molecular formula is C20H22N7OS+. The van der Waals surface area contributed by atoms with Crippen molar-refractivity contribution >= 4 is 21.6 Å². The molecule has 4 aromatic rings. The summed E-state index contributed by atoms with van der Waals surface area (Å²) in [4.78, 5) is 14.9. The van der Waals surface area contributed by atoms with Crippen molar-refractivity contribution in [2.45, 2.75) is 20.4 Å². The number of tetrazole rings is 1. The summed E-state index contributed by atoms with van der Waals surface area (Å²) in [7, 11) is 0. The minimum atomic E-state index is 0.585. The summed E-state index contributed by atoms with van der Waals surface area (Å²) in [6, 6.07) is 9.86. The van der Waals surface area contributed by atoms with Crippen LogP contribution in [-0.2, 0) is 11.3 Å². The Morgan fingerprint density at radius 1 is 1.10 bits per heavy atom. The van der Waals surface area contributed by atoms with Gasteiger partial charge in [0.1, 0.15) is 24.5 Å². The van der Waals surface area contributed by atoms with Gasteiger partial charge in [0.05, 0.1) is 18.6 Å². The largest absolute Gasteiger partial charge is 0.370 e. The minimum absolute atomic E-state index is 0.585. The molecule has 0 unspecified atom stereocenters. The standard InChI is InChI=1S/C20H21N7OS/c1-13-14(2)29-20-17(13)19(21-16(22-20)12-26-8-10-28-11-9-26)27-24-18(23-25-27)15-6-4-3-5-7-15/h3-7H,8-12H2,1-2H3/p+1. The number of hydrogen-bond donors (Lipinski definition) is 1. The highest BCUT2D eigenvalue weighted by Crippen LogP contribution is 2.32. The van der Waals surface area contributed by atoms with E-state index in [9.17, 15) is 0 Å².